The lowest BCUT2D eigenvalue weighted by molar-refractivity contribution is -0.121. The van der Waals surface area contributed by atoms with Crippen LogP contribution in [0.4, 0.5) is 0 Å². The number of benzene rings is 1. The van der Waals surface area contributed by atoms with Gasteiger partial charge in [-0.1, -0.05) is 35.3 Å². The van der Waals surface area contributed by atoms with Crippen molar-refractivity contribution in [1.29, 1.82) is 0 Å². The van der Waals surface area contributed by atoms with Crippen molar-refractivity contribution in [3.8, 4) is 5.75 Å². The predicted octanol–water partition coefficient (Wildman–Crippen LogP) is 2.22. The highest BCUT2D eigenvalue weighted by atomic mass is 35.5. The molecular weight excluding hydrogens is 341 g/mol. The molecule has 0 radical (unpaired) electrons. The van der Waals surface area contributed by atoms with Crippen LogP contribution in [0, 0.1) is 0 Å². The van der Waals surface area contributed by atoms with Gasteiger partial charge in [0.25, 0.3) is 0 Å². The third kappa shape index (κ3) is 3.96. The van der Waals surface area contributed by atoms with Crippen molar-refractivity contribution in [2.24, 2.45) is 0 Å². The number of carbonyl (C=O) groups excluding carboxylic acids is 1. The molecule has 3 rings (SSSR count). The number of H-pyrrole nitrogens is 1. The van der Waals surface area contributed by atoms with Crippen molar-refractivity contribution >= 4 is 29.1 Å². The van der Waals surface area contributed by atoms with Crippen molar-refractivity contribution in [2.75, 3.05) is 13.2 Å². The zero-order chi connectivity index (χ0) is 16.2. The summed E-state index contributed by atoms with van der Waals surface area (Å²) in [7, 11) is 0. The second-order valence-corrected chi connectivity index (χ2v) is 5.98. The number of hydrogen-bond acceptors (Lipinski definition) is 4. The van der Waals surface area contributed by atoms with Crippen LogP contribution < -0.4 is 10.1 Å². The summed E-state index contributed by atoms with van der Waals surface area (Å²) in [6, 6.07) is 5.00. The summed E-state index contributed by atoms with van der Waals surface area (Å²) in [4.78, 5) is 12.2. The number of hydrogen-bond donors (Lipinski definition) is 2. The average Bonchev–Trinajstić information content (AvgIpc) is 3.17. The summed E-state index contributed by atoms with van der Waals surface area (Å²) < 4.78 is 11.1. The summed E-state index contributed by atoms with van der Waals surface area (Å²) >= 11 is 12.1. The molecule has 2 heterocycles. The topological polar surface area (TPSA) is 76.2 Å². The molecule has 0 spiro atoms. The molecule has 1 aliphatic rings. The van der Waals surface area contributed by atoms with E-state index in [1.54, 1.807) is 30.6 Å². The number of rotatable bonds is 5. The number of amides is 1. The van der Waals surface area contributed by atoms with Gasteiger partial charge in [-0.15, -0.1) is 0 Å². The maximum atomic E-state index is 12.2. The Balaban J connectivity index is 1.59. The van der Waals surface area contributed by atoms with E-state index >= 15 is 0 Å². The smallest absolute Gasteiger partial charge is 0.224 e. The number of nitrogens with one attached hydrogen (secondary N) is 2. The van der Waals surface area contributed by atoms with Crippen LogP contribution in [0.2, 0.25) is 10.0 Å². The summed E-state index contributed by atoms with van der Waals surface area (Å²) in [6.45, 7) is 0.811. The van der Waals surface area contributed by atoms with Gasteiger partial charge in [-0.2, -0.15) is 5.10 Å². The largest absolute Gasteiger partial charge is 0.482 e. The molecule has 1 aromatic heterocycles. The van der Waals surface area contributed by atoms with Gasteiger partial charge >= 0.3 is 0 Å². The molecular formula is C15H15Cl2N3O3. The molecule has 6 nitrogen and oxygen atoms in total. The number of ether oxygens (including phenoxy) is 2. The fourth-order valence-corrected chi connectivity index (χ4v) is 2.77. The average molecular weight is 356 g/mol. The number of carbonyl (C=O) groups is 1. The van der Waals surface area contributed by atoms with Gasteiger partial charge in [-0.05, 0) is 11.6 Å². The second kappa shape index (κ2) is 7.21. The molecule has 122 valence electrons. The van der Waals surface area contributed by atoms with E-state index in [9.17, 15) is 4.79 Å². The Hall–Kier alpha value is -1.76. The molecule has 0 bridgehead atoms. The summed E-state index contributed by atoms with van der Waals surface area (Å²) in [5, 5.41) is 10.2. The van der Waals surface area contributed by atoms with Gasteiger partial charge in [0, 0.05) is 0 Å². The first-order valence-corrected chi connectivity index (χ1v) is 7.84. The van der Waals surface area contributed by atoms with E-state index in [0.717, 1.165) is 0 Å². The van der Waals surface area contributed by atoms with Crippen LogP contribution in [0.5, 0.6) is 5.75 Å². The van der Waals surface area contributed by atoms with Crippen LogP contribution >= 0.6 is 23.2 Å². The zero-order valence-electron chi connectivity index (χ0n) is 12.1. The lowest BCUT2D eigenvalue weighted by Crippen LogP contribution is -2.45. The molecule has 1 aliphatic heterocycles. The highest BCUT2D eigenvalue weighted by molar-refractivity contribution is 6.42. The van der Waals surface area contributed by atoms with Crippen LogP contribution in [0.15, 0.2) is 30.6 Å². The third-order valence-electron chi connectivity index (χ3n) is 3.52. The van der Waals surface area contributed by atoms with Crippen molar-refractivity contribution in [3.63, 3.8) is 0 Å². The maximum Gasteiger partial charge on any atom is 0.224 e. The van der Waals surface area contributed by atoms with E-state index in [1.165, 1.54) is 0 Å². The third-order valence-corrected chi connectivity index (χ3v) is 4.38. The lowest BCUT2D eigenvalue weighted by Gasteiger charge is -2.19. The molecule has 2 atom stereocenters. The molecule has 2 N–H and O–H groups in total. The van der Waals surface area contributed by atoms with Gasteiger partial charge in [-0.25, -0.2) is 0 Å². The van der Waals surface area contributed by atoms with Crippen LogP contribution in [0.1, 0.15) is 5.56 Å². The fraction of sp³-hybridized carbons (Fsp3) is 0.333. The van der Waals surface area contributed by atoms with E-state index in [2.05, 4.69) is 15.5 Å². The van der Waals surface area contributed by atoms with Gasteiger partial charge in [0.15, 0.2) is 5.75 Å². The Morgan fingerprint density at radius 1 is 1.43 bits per heavy atom. The molecule has 1 fully saturated rings. The van der Waals surface area contributed by atoms with Gasteiger partial charge in [-0.3, -0.25) is 9.89 Å². The number of aromatic amines is 1. The minimum atomic E-state index is -0.258. The number of halogens is 2. The Morgan fingerprint density at radius 2 is 2.30 bits per heavy atom. The summed E-state index contributed by atoms with van der Waals surface area (Å²) in [5.41, 5.74) is 0.683. The van der Waals surface area contributed by atoms with E-state index < -0.39 is 0 Å². The Kier molecular flexibility index (Phi) is 5.05. The predicted molar refractivity (Wildman–Crippen MR) is 85.9 cm³/mol. The van der Waals surface area contributed by atoms with Crippen LogP contribution in [0.3, 0.4) is 0 Å². The van der Waals surface area contributed by atoms with Crippen molar-refractivity contribution < 1.29 is 14.3 Å². The fourth-order valence-electron chi connectivity index (χ4n) is 2.38. The maximum absolute atomic E-state index is 12.2. The molecule has 23 heavy (non-hydrogen) atoms. The first kappa shape index (κ1) is 16.1. The lowest BCUT2D eigenvalue weighted by atomic mass is 10.1. The van der Waals surface area contributed by atoms with Gasteiger partial charge in [0.1, 0.15) is 6.10 Å². The van der Waals surface area contributed by atoms with Crippen LogP contribution in [-0.4, -0.2) is 41.5 Å². The van der Waals surface area contributed by atoms with Gasteiger partial charge < -0.3 is 14.8 Å². The number of nitrogens with zero attached hydrogens (tertiary/aromatic N) is 1. The van der Waals surface area contributed by atoms with Crippen LogP contribution in [0.25, 0.3) is 0 Å². The molecule has 1 saturated heterocycles. The quantitative estimate of drug-likeness (QED) is 0.862. The van der Waals surface area contributed by atoms with E-state index in [-0.39, 0.29) is 24.5 Å². The first-order chi connectivity index (χ1) is 11.1. The van der Waals surface area contributed by atoms with Crippen molar-refractivity contribution in [1.82, 2.24) is 15.5 Å². The molecule has 0 unspecified atom stereocenters. The normalized spacial score (nSPS) is 20.4. The van der Waals surface area contributed by atoms with E-state index in [4.69, 9.17) is 32.7 Å². The molecule has 0 saturated carbocycles. The SMILES string of the molecule is O=C(Cc1cccc(Cl)c1Cl)N[C@H]1COC[C@H]1Oc1cn[nH]c1. The minimum absolute atomic E-state index is 0.147. The van der Waals surface area contributed by atoms with E-state index in [0.29, 0.717) is 34.6 Å². The molecule has 1 aromatic carbocycles. The van der Waals surface area contributed by atoms with Crippen LogP contribution in [-0.2, 0) is 16.0 Å². The minimum Gasteiger partial charge on any atom is -0.482 e. The monoisotopic (exact) mass is 355 g/mol. The molecule has 2 aromatic rings. The number of aromatic nitrogens is 2. The summed E-state index contributed by atoms with van der Waals surface area (Å²) in [5.74, 6) is 0.447. The Bertz CT molecular complexity index is 679. The Morgan fingerprint density at radius 3 is 3.09 bits per heavy atom. The van der Waals surface area contributed by atoms with Crippen molar-refractivity contribution in [3.05, 3.63) is 46.2 Å². The van der Waals surface area contributed by atoms with Gasteiger partial charge in [0.05, 0.1) is 48.1 Å². The van der Waals surface area contributed by atoms with Gasteiger partial charge in [0.2, 0.25) is 5.91 Å². The van der Waals surface area contributed by atoms with Crippen molar-refractivity contribution in [2.45, 2.75) is 18.6 Å². The zero-order valence-corrected chi connectivity index (χ0v) is 13.6. The molecule has 1 amide bonds. The summed E-state index contributed by atoms with van der Waals surface area (Å²) in [6.07, 6.45) is 3.10. The van der Waals surface area contributed by atoms with E-state index in [1.807, 2.05) is 0 Å². The standard InChI is InChI=1S/C15H15Cl2N3O3/c16-11-3-1-2-9(15(11)17)4-14(21)20-12-7-22-8-13(12)23-10-5-18-19-6-10/h1-3,5-6,12-13H,4,7-8H2,(H,18,19)(H,20,21)/t12-,13+/m0/s1. The highest BCUT2D eigenvalue weighted by Crippen LogP contribution is 2.26. The Labute approximate surface area is 143 Å². The molecule has 8 heteroatoms. The molecule has 0 aliphatic carbocycles. The second-order valence-electron chi connectivity index (χ2n) is 5.19. The highest BCUT2D eigenvalue weighted by Gasteiger charge is 2.31. The first-order valence-electron chi connectivity index (χ1n) is 7.09.